The largest absolute Gasteiger partial charge is 0.457 e. The van der Waals surface area contributed by atoms with Gasteiger partial charge in [-0.05, 0) is 59.0 Å². The third-order valence-electron chi connectivity index (χ3n) is 1.91. The molecule has 2 nitrogen and oxygen atoms in total. The molecule has 0 amide bonds. The molecule has 0 radical (unpaired) electrons. The van der Waals surface area contributed by atoms with Gasteiger partial charge in [-0.15, -0.1) is 0 Å². The number of nitrogens with two attached hydrogens (primary N) is 1. The fourth-order valence-electron chi connectivity index (χ4n) is 1.22. The van der Waals surface area contributed by atoms with Crippen LogP contribution in [-0.2, 0) is 0 Å². The van der Waals surface area contributed by atoms with E-state index >= 15 is 0 Å². The van der Waals surface area contributed by atoms with Gasteiger partial charge in [-0.3, -0.25) is 0 Å². The Balaban J connectivity index is 2.18. The fraction of sp³-hybridized carbons (Fsp3) is 0. The standard InChI is InChI=1S/C12H10INO/c13-9-4-6-11(7-5-9)15-12-3-1-2-10(14)8-12/h1-8H,14H2. The second-order valence-corrected chi connectivity index (χ2v) is 4.37. The van der Waals surface area contributed by atoms with Gasteiger partial charge in [-0.25, -0.2) is 0 Å². The van der Waals surface area contributed by atoms with Crippen molar-refractivity contribution in [3.63, 3.8) is 0 Å². The van der Waals surface area contributed by atoms with Crippen molar-refractivity contribution in [3.05, 3.63) is 52.1 Å². The first kappa shape index (κ1) is 10.3. The summed E-state index contributed by atoms with van der Waals surface area (Å²) in [6.07, 6.45) is 0. The van der Waals surface area contributed by atoms with E-state index in [0.29, 0.717) is 5.69 Å². The molecule has 2 aromatic carbocycles. The summed E-state index contributed by atoms with van der Waals surface area (Å²) in [5, 5.41) is 0. The number of nitrogen functional groups attached to an aromatic ring is 1. The van der Waals surface area contributed by atoms with E-state index in [4.69, 9.17) is 10.5 Å². The van der Waals surface area contributed by atoms with Crippen molar-refractivity contribution >= 4 is 28.3 Å². The Morgan fingerprint density at radius 3 is 2.33 bits per heavy atom. The molecule has 0 aliphatic rings. The highest BCUT2D eigenvalue weighted by molar-refractivity contribution is 14.1. The molecule has 15 heavy (non-hydrogen) atoms. The average Bonchev–Trinajstić information content (AvgIpc) is 2.22. The molecule has 0 aliphatic heterocycles. The zero-order chi connectivity index (χ0) is 10.7. The molecule has 0 bridgehead atoms. The molecule has 2 aromatic rings. The Kier molecular flexibility index (Phi) is 3.11. The van der Waals surface area contributed by atoms with Crippen LogP contribution in [-0.4, -0.2) is 0 Å². The van der Waals surface area contributed by atoms with Crippen molar-refractivity contribution in [1.29, 1.82) is 0 Å². The molecule has 2 rings (SSSR count). The SMILES string of the molecule is Nc1cccc(Oc2ccc(I)cc2)c1. The van der Waals surface area contributed by atoms with Crippen molar-refractivity contribution in [2.45, 2.75) is 0 Å². The van der Waals surface area contributed by atoms with Crippen LogP contribution in [0.4, 0.5) is 5.69 Å². The highest BCUT2D eigenvalue weighted by Crippen LogP contribution is 2.23. The smallest absolute Gasteiger partial charge is 0.129 e. The fourth-order valence-corrected chi connectivity index (χ4v) is 1.58. The van der Waals surface area contributed by atoms with E-state index in [9.17, 15) is 0 Å². The Morgan fingerprint density at radius 1 is 0.933 bits per heavy atom. The highest BCUT2D eigenvalue weighted by atomic mass is 127. The monoisotopic (exact) mass is 311 g/mol. The maximum absolute atomic E-state index is 5.66. The molecule has 0 spiro atoms. The van der Waals surface area contributed by atoms with Gasteiger partial charge in [-0.2, -0.15) is 0 Å². The molecule has 0 saturated carbocycles. The minimum atomic E-state index is 0.706. The predicted molar refractivity (Wildman–Crippen MR) is 70.1 cm³/mol. The van der Waals surface area contributed by atoms with E-state index in [1.54, 1.807) is 6.07 Å². The predicted octanol–water partition coefficient (Wildman–Crippen LogP) is 3.67. The molecule has 0 aliphatic carbocycles. The maximum atomic E-state index is 5.66. The van der Waals surface area contributed by atoms with Crippen molar-refractivity contribution < 1.29 is 4.74 Å². The molecular weight excluding hydrogens is 301 g/mol. The number of ether oxygens (including phenoxy) is 1. The van der Waals surface area contributed by atoms with Gasteiger partial charge in [0.15, 0.2) is 0 Å². The summed E-state index contributed by atoms with van der Waals surface area (Å²) in [5.41, 5.74) is 6.36. The van der Waals surface area contributed by atoms with E-state index in [-0.39, 0.29) is 0 Å². The lowest BCUT2D eigenvalue weighted by Crippen LogP contribution is -1.87. The van der Waals surface area contributed by atoms with E-state index < -0.39 is 0 Å². The second-order valence-electron chi connectivity index (χ2n) is 3.13. The van der Waals surface area contributed by atoms with Crippen LogP contribution in [0.25, 0.3) is 0 Å². The van der Waals surface area contributed by atoms with Gasteiger partial charge in [0.05, 0.1) is 0 Å². The minimum Gasteiger partial charge on any atom is -0.457 e. The summed E-state index contributed by atoms with van der Waals surface area (Å²) in [6, 6.07) is 15.3. The number of rotatable bonds is 2. The van der Waals surface area contributed by atoms with Crippen LogP contribution in [0.15, 0.2) is 48.5 Å². The Bertz CT molecular complexity index is 453. The Hall–Kier alpha value is -1.23. The van der Waals surface area contributed by atoms with E-state index in [1.807, 2.05) is 42.5 Å². The first-order chi connectivity index (χ1) is 7.24. The van der Waals surface area contributed by atoms with Gasteiger partial charge in [-0.1, -0.05) is 6.07 Å². The minimum absolute atomic E-state index is 0.706. The molecular formula is C12H10INO. The molecule has 3 heteroatoms. The van der Waals surface area contributed by atoms with Crippen LogP contribution in [0.1, 0.15) is 0 Å². The first-order valence-electron chi connectivity index (χ1n) is 4.53. The van der Waals surface area contributed by atoms with Crippen molar-refractivity contribution in [2.24, 2.45) is 0 Å². The Morgan fingerprint density at radius 2 is 1.67 bits per heavy atom. The van der Waals surface area contributed by atoms with Gasteiger partial charge in [0.25, 0.3) is 0 Å². The number of anilines is 1. The lowest BCUT2D eigenvalue weighted by atomic mass is 10.3. The van der Waals surface area contributed by atoms with Gasteiger partial charge >= 0.3 is 0 Å². The zero-order valence-corrected chi connectivity index (χ0v) is 10.1. The van der Waals surface area contributed by atoms with Crippen LogP contribution >= 0.6 is 22.6 Å². The number of hydrogen-bond acceptors (Lipinski definition) is 2. The summed E-state index contributed by atoms with van der Waals surface area (Å²) < 4.78 is 6.82. The molecule has 0 fully saturated rings. The number of halogens is 1. The summed E-state index contributed by atoms with van der Waals surface area (Å²) in [5.74, 6) is 1.58. The van der Waals surface area contributed by atoms with Crippen LogP contribution in [0.2, 0.25) is 0 Å². The van der Waals surface area contributed by atoms with Gasteiger partial charge < -0.3 is 10.5 Å². The van der Waals surface area contributed by atoms with Gasteiger partial charge in [0.2, 0.25) is 0 Å². The van der Waals surface area contributed by atoms with Gasteiger partial charge in [0.1, 0.15) is 11.5 Å². The summed E-state index contributed by atoms with van der Waals surface area (Å²) in [7, 11) is 0. The van der Waals surface area contributed by atoms with Crippen LogP contribution < -0.4 is 10.5 Å². The lowest BCUT2D eigenvalue weighted by molar-refractivity contribution is 0.483. The van der Waals surface area contributed by atoms with Crippen LogP contribution in [0, 0.1) is 3.57 Å². The summed E-state index contributed by atoms with van der Waals surface area (Å²) in [4.78, 5) is 0. The molecule has 0 aromatic heterocycles. The number of benzene rings is 2. The first-order valence-corrected chi connectivity index (χ1v) is 5.61. The van der Waals surface area contributed by atoms with E-state index in [0.717, 1.165) is 11.5 Å². The topological polar surface area (TPSA) is 35.2 Å². The van der Waals surface area contributed by atoms with Crippen LogP contribution in [0.5, 0.6) is 11.5 Å². The van der Waals surface area contributed by atoms with Crippen molar-refractivity contribution in [2.75, 3.05) is 5.73 Å². The molecule has 76 valence electrons. The third kappa shape index (κ3) is 2.86. The van der Waals surface area contributed by atoms with Gasteiger partial charge in [0, 0.05) is 15.3 Å². The molecule has 0 heterocycles. The van der Waals surface area contributed by atoms with Crippen LogP contribution in [0.3, 0.4) is 0 Å². The molecule has 0 saturated heterocycles. The van der Waals surface area contributed by atoms with Crippen molar-refractivity contribution in [3.8, 4) is 11.5 Å². The highest BCUT2D eigenvalue weighted by Gasteiger charge is 1.96. The lowest BCUT2D eigenvalue weighted by Gasteiger charge is -2.05. The Labute approximate surface area is 102 Å². The normalized spacial score (nSPS) is 9.93. The maximum Gasteiger partial charge on any atom is 0.129 e. The number of hydrogen-bond donors (Lipinski definition) is 1. The zero-order valence-electron chi connectivity index (χ0n) is 7.98. The average molecular weight is 311 g/mol. The molecule has 2 N–H and O–H groups in total. The van der Waals surface area contributed by atoms with Crippen molar-refractivity contribution in [1.82, 2.24) is 0 Å². The molecule has 0 unspecified atom stereocenters. The molecule has 0 atom stereocenters. The van der Waals surface area contributed by atoms with E-state index in [1.165, 1.54) is 3.57 Å². The third-order valence-corrected chi connectivity index (χ3v) is 2.63. The summed E-state index contributed by atoms with van der Waals surface area (Å²) in [6.45, 7) is 0. The summed E-state index contributed by atoms with van der Waals surface area (Å²) >= 11 is 2.26. The quantitative estimate of drug-likeness (QED) is 0.678. The second kappa shape index (κ2) is 4.53. The van der Waals surface area contributed by atoms with E-state index in [2.05, 4.69) is 22.6 Å².